The molecule has 1 unspecified atom stereocenters. The second-order valence-corrected chi connectivity index (χ2v) is 6.44. The fourth-order valence-electron chi connectivity index (χ4n) is 3.52. The van der Waals surface area contributed by atoms with Crippen LogP contribution in [0, 0.1) is 0 Å². The first-order chi connectivity index (χ1) is 11.6. The van der Waals surface area contributed by atoms with Crippen LogP contribution in [-0.2, 0) is 6.42 Å². The highest BCUT2D eigenvalue weighted by molar-refractivity contribution is 5.97. The third-order valence-corrected chi connectivity index (χ3v) is 4.74. The Morgan fingerprint density at radius 1 is 1.33 bits per heavy atom. The van der Waals surface area contributed by atoms with E-state index in [2.05, 4.69) is 10.2 Å². The minimum Gasteiger partial charge on any atom is -0.489 e. The first kappa shape index (κ1) is 15.0. The van der Waals surface area contributed by atoms with E-state index in [1.807, 2.05) is 30.0 Å². The number of H-pyrrole nitrogens is 1. The van der Waals surface area contributed by atoms with Crippen LogP contribution in [-0.4, -0.2) is 40.2 Å². The predicted octanol–water partition coefficient (Wildman–Crippen LogP) is 1.71. The molecule has 1 atom stereocenters. The molecule has 0 spiro atoms. The third-order valence-electron chi connectivity index (χ3n) is 4.74. The number of aromatic amines is 1. The Labute approximate surface area is 138 Å². The monoisotopic (exact) mass is 329 g/mol. The van der Waals surface area contributed by atoms with Crippen molar-refractivity contribution in [3.05, 3.63) is 45.8 Å². The van der Waals surface area contributed by atoms with Gasteiger partial charge in [0.2, 0.25) is 5.89 Å². The third kappa shape index (κ3) is 2.60. The van der Waals surface area contributed by atoms with Gasteiger partial charge in [-0.2, -0.15) is 0 Å². The Kier molecular flexibility index (Phi) is 3.63. The number of piperidine rings is 1. The lowest BCUT2D eigenvalue weighted by Crippen LogP contribution is -2.38. The van der Waals surface area contributed by atoms with Gasteiger partial charge in [-0.15, -0.1) is 5.10 Å². The maximum atomic E-state index is 12.9. The molecule has 1 fully saturated rings. The van der Waals surface area contributed by atoms with Gasteiger partial charge in [0.25, 0.3) is 5.91 Å². The number of likely N-dealkylation sites (tertiary alicyclic amines) is 1. The van der Waals surface area contributed by atoms with Gasteiger partial charge < -0.3 is 14.1 Å². The van der Waals surface area contributed by atoms with Crippen molar-refractivity contribution in [2.24, 2.45) is 0 Å². The lowest BCUT2D eigenvalue weighted by atomic mass is 9.96. The normalized spacial score (nSPS) is 20.7. The molecule has 0 bridgehead atoms. The number of hydrogen-bond donors (Lipinski definition) is 1. The molecule has 1 aromatic carbocycles. The number of rotatable bonds is 2. The summed E-state index contributed by atoms with van der Waals surface area (Å²) in [5.41, 5.74) is 1.74. The van der Waals surface area contributed by atoms with Gasteiger partial charge in [0.1, 0.15) is 11.9 Å². The number of para-hydroxylation sites is 1. The number of amides is 1. The van der Waals surface area contributed by atoms with Crippen LogP contribution in [0.4, 0.5) is 0 Å². The van der Waals surface area contributed by atoms with Gasteiger partial charge in [0, 0.05) is 25.4 Å². The summed E-state index contributed by atoms with van der Waals surface area (Å²) in [6, 6.07) is 5.76. The summed E-state index contributed by atoms with van der Waals surface area (Å²) in [5, 5.41) is 6.18. The number of benzene rings is 1. The highest BCUT2D eigenvalue weighted by Crippen LogP contribution is 2.34. The van der Waals surface area contributed by atoms with Crippen LogP contribution in [0.2, 0.25) is 0 Å². The Balaban J connectivity index is 1.48. The topological polar surface area (TPSA) is 88.4 Å². The van der Waals surface area contributed by atoms with Gasteiger partial charge in [0.15, 0.2) is 0 Å². The van der Waals surface area contributed by atoms with Crippen LogP contribution in [0.25, 0.3) is 0 Å². The van der Waals surface area contributed by atoms with E-state index in [1.54, 1.807) is 0 Å². The summed E-state index contributed by atoms with van der Waals surface area (Å²) in [5.74, 6) is 0.712. The minimum atomic E-state index is -0.533. The Bertz CT molecular complexity index is 817. The summed E-state index contributed by atoms with van der Waals surface area (Å²) >= 11 is 0. The lowest BCUT2D eigenvalue weighted by Gasteiger charge is -2.30. The molecule has 2 aliphatic rings. The molecule has 7 nitrogen and oxygen atoms in total. The van der Waals surface area contributed by atoms with Crippen LogP contribution in [0.5, 0.6) is 5.75 Å². The van der Waals surface area contributed by atoms with Crippen molar-refractivity contribution in [2.45, 2.75) is 38.2 Å². The van der Waals surface area contributed by atoms with Gasteiger partial charge >= 0.3 is 5.76 Å². The highest BCUT2D eigenvalue weighted by Gasteiger charge is 2.31. The van der Waals surface area contributed by atoms with E-state index >= 15 is 0 Å². The molecule has 4 rings (SSSR count). The molecule has 2 aliphatic heterocycles. The number of hydrogen-bond acceptors (Lipinski definition) is 5. The number of carbonyl (C=O) groups is 1. The molecule has 126 valence electrons. The van der Waals surface area contributed by atoms with E-state index in [0.717, 1.165) is 30.6 Å². The zero-order valence-electron chi connectivity index (χ0n) is 13.4. The van der Waals surface area contributed by atoms with E-state index in [0.29, 0.717) is 24.5 Å². The first-order valence-electron chi connectivity index (χ1n) is 8.25. The van der Waals surface area contributed by atoms with Crippen molar-refractivity contribution in [1.82, 2.24) is 15.1 Å². The van der Waals surface area contributed by atoms with E-state index in [9.17, 15) is 9.59 Å². The predicted molar refractivity (Wildman–Crippen MR) is 85.2 cm³/mol. The van der Waals surface area contributed by atoms with Gasteiger partial charge in [-0.05, 0) is 31.4 Å². The second-order valence-electron chi connectivity index (χ2n) is 6.44. The summed E-state index contributed by atoms with van der Waals surface area (Å²) in [6.45, 7) is 3.23. The summed E-state index contributed by atoms with van der Waals surface area (Å²) in [7, 11) is 0. The standard InChI is InChI=1S/C17H19N3O4/c1-10-9-12-3-2-4-13(14(12)23-10)16(21)20-7-5-11(6-8-20)15-18-19-17(22)24-15/h2-4,10-11H,5-9H2,1H3,(H,19,22). The Morgan fingerprint density at radius 2 is 2.12 bits per heavy atom. The average Bonchev–Trinajstić information content (AvgIpc) is 3.18. The molecule has 1 aromatic heterocycles. The maximum absolute atomic E-state index is 12.9. The zero-order chi connectivity index (χ0) is 16.7. The number of nitrogens with one attached hydrogen (secondary N) is 1. The molecule has 2 aromatic rings. The smallest absolute Gasteiger partial charge is 0.434 e. The molecule has 0 saturated carbocycles. The number of carbonyl (C=O) groups excluding carboxylic acids is 1. The minimum absolute atomic E-state index is 0.00267. The van der Waals surface area contributed by atoms with Crippen LogP contribution in [0.15, 0.2) is 27.4 Å². The Hall–Kier alpha value is -2.57. The quantitative estimate of drug-likeness (QED) is 0.906. The molecule has 3 heterocycles. The van der Waals surface area contributed by atoms with Crippen molar-refractivity contribution in [1.29, 1.82) is 0 Å². The van der Waals surface area contributed by atoms with Crippen LogP contribution >= 0.6 is 0 Å². The van der Waals surface area contributed by atoms with Crippen molar-refractivity contribution in [3.63, 3.8) is 0 Å². The zero-order valence-corrected chi connectivity index (χ0v) is 13.4. The van der Waals surface area contributed by atoms with Crippen molar-refractivity contribution in [3.8, 4) is 5.75 Å². The molecule has 0 radical (unpaired) electrons. The SMILES string of the molecule is CC1Cc2cccc(C(=O)N3CCC(c4n[nH]c(=O)o4)CC3)c2O1. The molecular weight excluding hydrogens is 310 g/mol. The summed E-state index contributed by atoms with van der Waals surface area (Å²) < 4.78 is 10.9. The van der Waals surface area contributed by atoms with Crippen molar-refractivity contribution < 1.29 is 13.9 Å². The fraction of sp³-hybridized carbons (Fsp3) is 0.471. The van der Waals surface area contributed by atoms with Crippen molar-refractivity contribution in [2.75, 3.05) is 13.1 Å². The molecular formula is C17H19N3O4. The fourth-order valence-corrected chi connectivity index (χ4v) is 3.52. The summed E-state index contributed by atoms with van der Waals surface area (Å²) in [6.07, 6.45) is 2.41. The number of aromatic nitrogens is 2. The van der Waals surface area contributed by atoms with Gasteiger partial charge in [-0.1, -0.05) is 12.1 Å². The van der Waals surface area contributed by atoms with Gasteiger partial charge in [-0.25, -0.2) is 9.89 Å². The van der Waals surface area contributed by atoms with Crippen molar-refractivity contribution >= 4 is 5.91 Å². The Morgan fingerprint density at radius 3 is 2.83 bits per heavy atom. The number of ether oxygens (including phenoxy) is 1. The molecule has 1 N–H and O–H groups in total. The van der Waals surface area contributed by atoms with E-state index in [-0.39, 0.29) is 17.9 Å². The van der Waals surface area contributed by atoms with Crippen LogP contribution < -0.4 is 10.5 Å². The molecule has 0 aliphatic carbocycles. The van der Waals surface area contributed by atoms with Gasteiger partial charge in [0.05, 0.1) is 5.56 Å². The van der Waals surface area contributed by atoms with E-state index in [4.69, 9.17) is 9.15 Å². The second kappa shape index (κ2) is 5.81. The lowest BCUT2D eigenvalue weighted by molar-refractivity contribution is 0.0701. The largest absolute Gasteiger partial charge is 0.489 e. The molecule has 24 heavy (non-hydrogen) atoms. The maximum Gasteiger partial charge on any atom is 0.434 e. The number of nitrogens with zero attached hydrogens (tertiary/aromatic N) is 2. The molecule has 7 heteroatoms. The number of fused-ring (bicyclic) bond motifs is 1. The molecule has 1 saturated heterocycles. The van der Waals surface area contributed by atoms with E-state index < -0.39 is 5.76 Å². The molecule has 1 amide bonds. The first-order valence-corrected chi connectivity index (χ1v) is 8.25. The van der Waals surface area contributed by atoms with Gasteiger partial charge in [-0.3, -0.25) is 4.79 Å². The van der Waals surface area contributed by atoms with E-state index in [1.165, 1.54) is 0 Å². The highest BCUT2D eigenvalue weighted by atomic mass is 16.5. The van der Waals surface area contributed by atoms with Crippen LogP contribution in [0.1, 0.15) is 47.5 Å². The summed E-state index contributed by atoms with van der Waals surface area (Å²) in [4.78, 5) is 25.8. The van der Waals surface area contributed by atoms with Crippen LogP contribution in [0.3, 0.4) is 0 Å². The average molecular weight is 329 g/mol.